The number of nitrogens with zero attached hydrogens (tertiary/aromatic N) is 1. The Hall–Kier alpha value is -1.95. The summed E-state index contributed by atoms with van der Waals surface area (Å²) < 4.78 is 45.0. The van der Waals surface area contributed by atoms with E-state index < -0.39 is 6.36 Å². The molecule has 0 fully saturated rings. The van der Waals surface area contributed by atoms with Crippen LogP contribution < -0.4 is 9.47 Å². The Labute approximate surface area is 117 Å². The number of ether oxygens (including phenoxy) is 2. The van der Waals surface area contributed by atoms with Gasteiger partial charge >= 0.3 is 6.36 Å². The zero-order valence-corrected chi connectivity index (χ0v) is 10.8. The minimum Gasteiger partial charge on any atom is -0.487 e. The lowest BCUT2D eigenvalue weighted by Gasteiger charge is -2.10. The number of hydrogen-bond donors (Lipinski definition) is 0. The zero-order valence-electron chi connectivity index (χ0n) is 10.0. The van der Waals surface area contributed by atoms with E-state index in [1.54, 1.807) is 18.3 Å². The molecule has 0 atom stereocenters. The Morgan fingerprint density at radius 1 is 1.05 bits per heavy atom. The molecule has 20 heavy (non-hydrogen) atoms. The van der Waals surface area contributed by atoms with E-state index in [2.05, 4.69) is 9.72 Å². The van der Waals surface area contributed by atoms with Crippen LogP contribution in [0.5, 0.6) is 11.5 Å². The van der Waals surface area contributed by atoms with E-state index in [4.69, 9.17) is 16.3 Å². The number of benzene rings is 1. The molecule has 0 aliphatic carbocycles. The van der Waals surface area contributed by atoms with Gasteiger partial charge in [-0.25, -0.2) is 0 Å². The molecule has 0 unspecified atom stereocenters. The van der Waals surface area contributed by atoms with Crippen LogP contribution in [0.15, 0.2) is 42.6 Å². The van der Waals surface area contributed by atoms with E-state index in [1.807, 2.05) is 0 Å². The first kappa shape index (κ1) is 14.5. The van der Waals surface area contributed by atoms with Crippen molar-refractivity contribution in [2.75, 3.05) is 0 Å². The van der Waals surface area contributed by atoms with E-state index in [9.17, 15) is 13.2 Å². The number of hydrogen-bond acceptors (Lipinski definition) is 3. The van der Waals surface area contributed by atoms with Gasteiger partial charge in [-0.3, -0.25) is 4.98 Å². The average molecular weight is 304 g/mol. The van der Waals surface area contributed by atoms with Gasteiger partial charge < -0.3 is 9.47 Å². The van der Waals surface area contributed by atoms with Crippen molar-refractivity contribution in [3.05, 3.63) is 53.3 Å². The van der Waals surface area contributed by atoms with Crippen molar-refractivity contribution < 1.29 is 22.6 Å². The van der Waals surface area contributed by atoms with Gasteiger partial charge in [0.15, 0.2) is 0 Å². The normalized spacial score (nSPS) is 11.2. The van der Waals surface area contributed by atoms with Gasteiger partial charge in [-0.1, -0.05) is 11.6 Å². The van der Waals surface area contributed by atoms with E-state index in [0.29, 0.717) is 16.5 Å². The molecule has 0 aliphatic heterocycles. The number of aromatic nitrogens is 1. The van der Waals surface area contributed by atoms with Gasteiger partial charge in [0.2, 0.25) is 0 Å². The molecule has 1 heterocycles. The largest absolute Gasteiger partial charge is 0.573 e. The van der Waals surface area contributed by atoms with Crippen LogP contribution in [-0.2, 0) is 6.61 Å². The van der Waals surface area contributed by atoms with Crippen molar-refractivity contribution in [1.82, 2.24) is 4.98 Å². The van der Waals surface area contributed by atoms with Gasteiger partial charge in [-0.15, -0.1) is 13.2 Å². The highest BCUT2D eigenvalue weighted by Crippen LogP contribution is 2.25. The summed E-state index contributed by atoms with van der Waals surface area (Å²) in [5, 5.41) is 0.535. The standard InChI is InChI=1S/C13H9ClF3NO2/c14-9-5-6-18-10(7-9)8-19-11-1-3-12(4-2-11)20-13(15,16)17/h1-7H,8H2. The third kappa shape index (κ3) is 4.62. The van der Waals surface area contributed by atoms with Crippen molar-refractivity contribution in [2.45, 2.75) is 13.0 Å². The monoisotopic (exact) mass is 303 g/mol. The minimum atomic E-state index is -4.70. The first-order chi connectivity index (χ1) is 9.42. The number of halogens is 4. The average Bonchev–Trinajstić information content (AvgIpc) is 2.36. The summed E-state index contributed by atoms with van der Waals surface area (Å²) in [6.45, 7) is 0.167. The van der Waals surface area contributed by atoms with Crippen LogP contribution in [0.4, 0.5) is 13.2 Å². The number of pyridine rings is 1. The maximum absolute atomic E-state index is 12.0. The fourth-order valence-electron chi connectivity index (χ4n) is 1.42. The van der Waals surface area contributed by atoms with Crippen molar-refractivity contribution in [3.8, 4) is 11.5 Å². The second kappa shape index (κ2) is 6.00. The van der Waals surface area contributed by atoms with Gasteiger partial charge in [0.1, 0.15) is 18.1 Å². The van der Waals surface area contributed by atoms with Crippen LogP contribution >= 0.6 is 11.6 Å². The first-order valence-electron chi connectivity index (χ1n) is 5.51. The maximum Gasteiger partial charge on any atom is 0.573 e. The Morgan fingerprint density at radius 3 is 2.30 bits per heavy atom. The minimum absolute atomic E-state index is 0.167. The maximum atomic E-state index is 12.0. The molecule has 3 nitrogen and oxygen atoms in total. The van der Waals surface area contributed by atoms with Gasteiger partial charge in [0.25, 0.3) is 0 Å². The smallest absolute Gasteiger partial charge is 0.487 e. The molecule has 106 valence electrons. The second-order valence-electron chi connectivity index (χ2n) is 3.77. The van der Waals surface area contributed by atoms with Crippen molar-refractivity contribution in [3.63, 3.8) is 0 Å². The molecule has 1 aromatic carbocycles. The first-order valence-corrected chi connectivity index (χ1v) is 5.89. The molecule has 0 radical (unpaired) electrons. The molecule has 0 saturated carbocycles. The summed E-state index contributed by atoms with van der Waals surface area (Å²) >= 11 is 5.79. The van der Waals surface area contributed by atoms with E-state index in [1.165, 1.54) is 24.3 Å². The van der Waals surface area contributed by atoms with Crippen molar-refractivity contribution in [1.29, 1.82) is 0 Å². The van der Waals surface area contributed by atoms with Crippen LogP contribution in [-0.4, -0.2) is 11.3 Å². The number of alkyl halides is 3. The van der Waals surface area contributed by atoms with Gasteiger partial charge in [-0.05, 0) is 36.4 Å². The highest BCUT2D eigenvalue weighted by molar-refractivity contribution is 6.30. The summed E-state index contributed by atoms with van der Waals surface area (Å²) in [6.07, 6.45) is -3.16. The molecule has 0 amide bonds. The van der Waals surface area contributed by atoms with Crippen LogP contribution in [0.3, 0.4) is 0 Å². The summed E-state index contributed by atoms with van der Waals surface area (Å²) in [5.74, 6) is 0.104. The molecular weight excluding hydrogens is 295 g/mol. The predicted molar refractivity (Wildman–Crippen MR) is 66.7 cm³/mol. The van der Waals surface area contributed by atoms with Crippen LogP contribution in [0.25, 0.3) is 0 Å². The SMILES string of the molecule is FC(F)(F)Oc1ccc(OCc2cc(Cl)ccn2)cc1. The number of rotatable bonds is 4. The molecule has 1 aromatic heterocycles. The Balaban J connectivity index is 1.94. The Morgan fingerprint density at radius 2 is 1.70 bits per heavy atom. The van der Waals surface area contributed by atoms with Gasteiger partial charge in [0, 0.05) is 11.2 Å². The lowest BCUT2D eigenvalue weighted by Crippen LogP contribution is -2.16. The van der Waals surface area contributed by atoms with Crippen molar-refractivity contribution in [2.24, 2.45) is 0 Å². The van der Waals surface area contributed by atoms with E-state index in [-0.39, 0.29) is 12.4 Å². The van der Waals surface area contributed by atoms with Gasteiger partial charge in [0.05, 0.1) is 5.69 Å². The highest BCUT2D eigenvalue weighted by atomic mass is 35.5. The van der Waals surface area contributed by atoms with Gasteiger partial charge in [-0.2, -0.15) is 0 Å². The molecular formula is C13H9ClF3NO2. The molecule has 7 heteroatoms. The molecule has 2 aromatic rings. The van der Waals surface area contributed by atoms with Crippen molar-refractivity contribution >= 4 is 11.6 Å². The molecule has 0 saturated heterocycles. The topological polar surface area (TPSA) is 31.4 Å². The molecule has 0 bridgehead atoms. The third-order valence-electron chi connectivity index (χ3n) is 2.22. The molecule has 0 N–H and O–H groups in total. The van der Waals surface area contributed by atoms with Crippen LogP contribution in [0.1, 0.15) is 5.69 Å². The Kier molecular flexibility index (Phi) is 4.34. The zero-order chi connectivity index (χ0) is 14.6. The quantitative estimate of drug-likeness (QED) is 0.847. The fraction of sp³-hybridized carbons (Fsp3) is 0.154. The summed E-state index contributed by atoms with van der Waals surface area (Å²) in [6, 6.07) is 8.39. The second-order valence-corrected chi connectivity index (χ2v) is 4.21. The van der Waals surface area contributed by atoms with Crippen LogP contribution in [0.2, 0.25) is 5.02 Å². The predicted octanol–water partition coefficient (Wildman–Crippen LogP) is 4.21. The van der Waals surface area contributed by atoms with E-state index >= 15 is 0 Å². The highest BCUT2D eigenvalue weighted by Gasteiger charge is 2.30. The molecule has 2 rings (SSSR count). The Bertz CT molecular complexity index is 573. The summed E-state index contributed by atoms with van der Waals surface area (Å²) in [5.41, 5.74) is 0.619. The van der Waals surface area contributed by atoms with Crippen LogP contribution in [0, 0.1) is 0 Å². The fourth-order valence-corrected chi connectivity index (χ4v) is 1.60. The van der Waals surface area contributed by atoms with E-state index in [0.717, 1.165) is 0 Å². The lowest BCUT2D eigenvalue weighted by molar-refractivity contribution is -0.274. The lowest BCUT2D eigenvalue weighted by atomic mass is 10.3. The molecule has 0 spiro atoms. The summed E-state index contributed by atoms with van der Waals surface area (Å²) in [4.78, 5) is 4.04. The third-order valence-corrected chi connectivity index (χ3v) is 2.46. The molecule has 0 aliphatic rings. The summed E-state index contributed by atoms with van der Waals surface area (Å²) in [7, 11) is 0.